The molecule has 2 aliphatic heterocycles. The Morgan fingerprint density at radius 1 is 1.15 bits per heavy atom. The van der Waals surface area contributed by atoms with Crippen molar-refractivity contribution in [2.75, 3.05) is 44.3 Å². The molecule has 0 N–H and O–H groups in total. The van der Waals surface area contributed by atoms with Crippen molar-refractivity contribution < 1.29 is 22.7 Å². The maximum absolute atomic E-state index is 13.2. The lowest BCUT2D eigenvalue weighted by Crippen LogP contribution is -2.51. The van der Waals surface area contributed by atoms with E-state index in [0.717, 1.165) is 18.9 Å². The molecular weight excluding hydrogens is 361 g/mol. The first-order valence-corrected chi connectivity index (χ1v) is 9.33. The topological polar surface area (TPSA) is 58.6 Å². The molecule has 1 amide bonds. The Hall–Kier alpha value is -1.90. The molecule has 0 spiro atoms. The number of hydrogen-bond donors (Lipinski definition) is 0. The lowest BCUT2D eigenvalue weighted by atomic mass is 9.98. The molecule has 0 unspecified atom stereocenters. The first-order valence-electron chi connectivity index (χ1n) is 9.33. The zero-order valence-corrected chi connectivity index (χ0v) is 15.6. The first kappa shape index (κ1) is 19.9. The molecule has 2 aliphatic rings. The molecule has 6 nitrogen and oxygen atoms in total. The van der Waals surface area contributed by atoms with Crippen molar-refractivity contribution in [2.24, 2.45) is 5.92 Å². The predicted molar refractivity (Wildman–Crippen MR) is 93.5 cm³/mol. The molecule has 2 saturated heterocycles. The Labute approximate surface area is 156 Å². The van der Waals surface area contributed by atoms with Crippen molar-refractivity contribution in [3.63, 3.8) is 0 Å². The van der Waals surface area contributed by atoms with Crippen molar-refractivity contribution in [3.8, 4) is 0 Å². The molecule has 3 heterocycles. The number of alkyl halides is 3. The highest BCUT2D eigenvalue weighted by atomic mass is 19.4. The second-order valence-corrected chi connectivity index (χ2v) is 7.33. The summed E-state index contributed by atoms with van der Waals surface area (Å²) in [6.45, 7) is 6.59. The molecule has 0 radical (unpaired) electrons. The van der Waals surface area contributed by atoms with Crippen LogP contribution in [0.4, 0.5) is 19.1 Å². The van der Waals surface area contributed by atoms with Crippen molar-refractivity contribution in [1.82, 2.24) is 14.9 Å². The van der Waals surface area contributed by atoms with E-state index >= 15 is 0 Å². The standard InChI is InChI=1S/C18H25F3N4O2/c1-12(2)14-11-15(18(19,20)21)23-17(22-14)25-7-5-24(6-8-25)16(26)13-3-9-27-10-4-13/h11-13H,3-10H2,1-2H3. The number of rotatable bonds is 3. The van der Waals surface area contributed by atoms with E-state index in [-0.39, 0.29) is 23.7 Å². The van der Waals surface area contributed by atoms with Crippen LogP contribution in [0.15, 0.2) is 6.07 Å². The average Bonchev–Trinajstić information content (AvgIpc) is 2.67. The van der Waals surface area contributed by atoms with E-state index in [9.17, 15) is 18.0 Å². The molecule has 27 heavy (non-hydrogen) atoms. The van der Waals surface area contributed by atoms with Crippen LogP contribution < -0.4 is 4.90 Å². The Morgan fingerprint density at radius 2 is 1.78 bits per heavy atom. The number of anilines is 1. The van der Waals surface area contributed by atoms with Crippen LogP contribution in [-0.4, -0.2) is 60.2 Å². The zero-order valence-electron chi connectivity index (χ0n) is 15.6. The maximum atomic E-state index is 13.2. The molecule has 1 aromatic heterocycles. The number of hydrogen-bond acceptors (Lipinski definition) is 5. The van der Waals surface area contributed by atoms with Gasteiger partial charge in [0.15, 0.2) is 0 Å². The predicted octanol–water partition coefficient (Wildman–Crippen LogP) is 2.69. The molecule has 1 aromatic rings. The van der Waals surface area contributed by atoms with Crippen molar-refractivity contribution in [1.29, 1.82) is 0 Å². The second-order valence-electron chi connectivity index (χ2n) is 7.33. The smallest absolute Gasteiger partial charge is 0.381 e. The summed E-state index contributed by atoms with van der Waals surface area (Å²) in [7, 11) is 0. The number of carbonyl (C=O) groups is 1. The van der Waals surface area contributed by atoms with Gasteiger partial charge in [-0.1, -0.05) is 13.8 Å². The summed E-state index contributed by atoms with van der Waals surface area (Å²) in [4.78, 5) is 24.2. The van der Waals surface area contributed by atoms with Gasteiger partial charge in [0.25, 0.3) is 0 Å². The van der Waals surface area contributed by atoms with Gasteiger partial charge in [-0.2, -0.15) is 13.2 Å². The highest BCUT2D eigenvalue weighted by Gasteiger charge is 2.35. The fourth-order valence-corrected chi connectivity index (χ4v) is 3.36. The van der Waals surface area contributed by atoms with E-state index in [0.29, 0.717) is 45.1 Å². The molecule has 2 fully saturated rings. The van der Waals surface area contributed by atoms with Crippen LogP contribution in [0.1, 0.15) is 44.0 Å². The van der Waals surface area contributed by atoms with Crippen LogP contribution >= 0.6 is 0 Å². The number of carbonyl (C=O) groups excluding carboxylic acids is 1. The van der Waals surface area contributed by atoms with Crippen molar-refractivity contribution >= 4 is 11.9 Å². The number of piperazine rings is 1. The molecule has 3 rings (SSSR count). The van der Waals surface area contributed by atoms with Gasteiger partial charge in [0.2, 0.25) is 11.9 Å². The number of halogens is 3. The lowest BCUT2D eigenvalue weighted by molar-refractivity contribution is -0.141. The Bertz CT molecular complexity index is 667. The minimum atomic E-state index is -4.51. The maximum Gasteiger partial charge on any atom is 0.433 e. The molecule has 0 atom stereocenters. The fraction of sp³-hybridized carbons (Fsp3) is 0.722. The van der Waals surface area contributed by atoms with Gasteiger partial charge < -0.3 is 14.5 Å². The monoisotopic (exact) mass is 386 g/mol. The van der Waals surface area contributed by atoms with Gasteiger partial charge >= 0.3 is 6.18 Å². The van der Waals surface area contributed by atoms with Crippen LogP contribution in [0.2, 0.25) is 0 Å². The molecule has 0 saturated carbocycles. The number of aromatic nitrogens is 2. The summed E-state index contributed by atoms with van der Waals surface area (Å²) in [5, 5.41) is 0. The zero-order chi connectivity index (χ0) is 19.6. The lowest BCUT2D eigenvalue weighted by Gasteiger charge is -2.37. The molecule has 9 heteroatoms. The van der Waals surface area contributed by atoms with Crippen LogP contribution in [0.25, 0.3) is 0 Å². The third kappa shape index (κ3) is 4.69. The minimum absolute atomic E-state index is 0.0114. The van der Waals surface area contributed by atoms with Crippen LogP contribution in [0.3, 0.4) is 0 Å². The quantitative estimate of drug-likeness (QED) is 0.800. The highest BCUT2D eigenvalue weighted by molar-refractivity contribution is 5.79. The number of amides is 1. The normalized spacial score (nSPS) is 19.6. The molecule has 0 aromatic carbocycles. The van der Waals surface area contributed by atoms with Gasteiger partial charge in [-0.15, -0.1) is 0 Å². The molecule has 0 bridgehead atoms. The number of nitrogens with zero attached hydrogens (tertiary/aromatic N) is 4. The molecule has 0 aliphatic carbocycles. The summed E-state index contributed by atoms with van der Waals surface area (Å²) in [6, 6.07) is 1.01. The fourth-order valence-electron chi connectivity index (χ4n) is 3.36. The van der Waals surface area contributed by atoms with Crippen LogP contribution in [0, 0.1) is 5.92 Å². The van der Waals surface area contributed by atoms with Gasteiger partial charge in [-0.05, 0) is 24.8 Å². The Balaban J connectivity index is 1.70. The van der Waals surface area contributed by atoms with E-state index in [1.807, 2.05) is 0 Å². The van der Waals surface area contributed by atoms with Crippen molar-refractivity contribution in [2.45, 2.75) is 38.8 Å². The third-order valence-electron chi connectivity index (χ3n) is 5.06. The average molecular weight is 386 g/mol. The molecular formula is C18H25F3N4O2. The minimum Gasteiger partial charge on any atom is -0.381 e. The Kier molecular flexibility index (Phi) is 5.88. The van der Waals surface area contributed by atoms with E-state index < -0.39 is 11.9 Å². The number of ether oxygens (including phenoxy) is 1. The third-order valence-corrected chi connectivity index (χ3v) is 5.06. The van der Waals surface area contributed by atoms with E-state index in [1.165, 1.54) is 0 Å². The Morgan fingerprint density at radius 3 is 2.33 bits per heavy atom. The van der Waals surface area contributed by atoms with Gasteiger partial charge in [0.1, 0.15) is 5.69 Å². The van der Waals surface area contributed by atoms with Gasteiger partial charge in [0, 0.05) is 51.0 Å². The van der Waals surface area contributed by atoms with E-state index in [1.54, 1.807) is 23.6 Å². The van der Waals surface area contributed by atoms with Crippen LogP contribution in [0.5, 0.6) is 0 Å². The summed E-state index contributed by atoms with van der Waals surface area (Å²) in [6.07, 6.45) is -3.05. The SMILES string of the molecule is CC(C)c1cc(C(F)(F)F)nc(N2CCN(C(=O)C3CCOCC3)CC2)n1. The largest absolute Gasteiger partial charge is 0.433 e. The van der Waals surface area contributed by atoms with Gasteiger partial charge in [-0.25, -0.2) is 9.97 Å². The molecule has 150 valence electrons. The summed E-state index contributed by atoms with van der Waals surface area (Å²) in [5.41, 5.74) is -0.551. The summed E-state index contributed by atoms with van der Waals surface area (Å²) in [5.74, 6) is 0.0596. The van der Waals surface area contributed by atoms with E-state index in [2.05, 4.69) is 9.97 Å². The first-order chi connectivity index (χ1) is 12.8. The highest BCUT2D eigenvalue weighted by Crippen LogP contribution is 2.31. The van der Waals surface area contributed by atoms with Gasteiger partial charge in [0.05, 0.1) is 0 Å². The van der Waals surface area contributed by atoms with Gasteiger partial charge in [-0.3, -0.25) is 4.79 Å². The second kappa shape index (κ2) is 8.00. The van der Waals surface area contributed by atoms with Crippen LogP contribution in [-0.2, 0) is 15.7 Å². The summed E-state index contributed by atoms with van der Waals surface area (Å²) < 4.78 is 44.8. The summed E-state index contributed by atoms with van der Waals surface area (Å²) >= 11 is 0. The van der Waals surface area contributed by atoms with E-state index in [4.69, 9.17) is 4.74 Å². The van der Waals surface area contributed by atoms with Crippen molar-refractivity contribution in [3.05, 3.63) is 17.5 Å².